The maximum absolute atomic E-state index is 9.90. The predicted molar refractivity (Wildman–Crippen MR) is 40.3 cm³/mol. The SMILES string of the molecule is CCCn1nccc1N=C=O. The van der Waals surface area contributed by atoms with Crippen LogP contribution in [0.4, 0.5) is 5.82 Å². The average molecular weight is 151 g/mol. The normalized spacial score (nSPS) is 9.18. The van der Waals surface area contributed by atoms with Crippen LogP contribution in [0.25, 0.3) is 0 Å². The molecule has 58 valence electrons. The highest BCUT2D eigenvalue weighted by Crippen LogP contribution is 2.09. The van der Waals surface area contributed by atoms with Crippen LogP contribution in [-0.2, 0) is 11.3 Å². The fourth-order valence-electron chi connectivity index (χ4n) is 0.852. The number of aromatic nitrogens is 2. The molecule has 0 N–H and O–H groups in total. The Morgan fingerprint density at radius 1 is 1.82 bits per heavy atom. The van der Waals surface area contributed by atoms with Crippen LogP contribution in [-0.4, -0.2) is 15.9 Å². The van der Waals surface area contributed by atoms with Gasteiger partial charge in [0.05, 0.1) is 6.20 Å². The van der Waals surface area contributed by atoms with Crippen molar-refractivity contribution in [3.05, 3.63) is 12.3 Å². The molecule has 11 heavy (non-hydrogen) atoms. The van der Waals surface area contributed by atoms with E-state index in [0.717, 1.165) is 13.0 Å². The van der Waals surface area contributed by atoms with E-state index in [4.69, 9.17) is 0 Å². The van der Waals surface area contributed by atoms with Crippen LogP contribution in [0.2, 0.25) is 0 Å². The molecule has 0 fully saturated rings. The molecule has 0 aliphatic carbocycles. The number of rotatable bonds is 3. The van der Waals surface area contributed by atoms with Gasteiger partial charge in [-0.05, 0) is 6.42 Å². The molecule has 1 aromatic rings. The largest absolute Gasteiger partial charge is 0.247 e. The average Bonchev–Trinajstić information content (AvgIpc) is 2.39. The summed E-state index contributed by atoms with van der Waals surface area (Å²) in [6, 6.07) is 1.68. The Hall–Kier alpha value is -1.41. The van der Waals surface area contributed by atoms with Crippen LogP contribution in [0, 0.1) is 0 Å². The molecule has 0 bridgehead atoms. The van der Waals surface area contributed by atoms with Crippen molar-refractivity contribution < 1.29 is 4.79 Å². The Kier molecular flexibility index (Phi) is 2.58. The van der Waals surface area contributed by atoms with Crippen molar-refractivity contribution in [2.45, 2.75) is 19.9 Å². The topological polar surface area (TPSA) is 47.2 Å². The van der Waals surface area contributed by atoms with Gasteiger partial charge >= 0.3 is 0 Å². The second kappa shape index (κ2) is 3.68. The van der Waals surface area contributed by atoms with E-state index in [1.807, 2.05) is 6.92 Å². The fourth-order valence-corrected chi connectivity index (χ4v) is 0.852. The van der Waals surface area contributed by atoms with Gasteiger partial charge < -0.3 is 0 Å². The highest BCUT2D eigenvalue weighted by molar-refractivity contribution is 5.43. The summed E-state index contributed by atoms with van der Waals surface area (Å²) in [5.41, 5.74) is 0. The van der Waals surface area contributed by atoms with Gasteiger partial charge in [0.2, 0.25) is 6.08 Å². The van der Waals surface area contributed by atoms with Crippen molar-refractivity contribution >= 4 is 11.9 Å². The van der Waals surface area contributed by atoms with Crippen molar-refractivity contribution in [3.63, 3.8) is 0 Å². The minimum Gasteiger partial charge on any atom is -0.247 e. The van der Waals surface area contributed by atoms with Gasteiger partial charge in [0, 0.05) is 12.6 Å². The van der Waals surface area contributed by atoms with Crippen LogP contribution in [0.15, 0.2) is 17.3 Å². The quantitative estimate of drug-likeness (QED) is 0.482. The minimum atomic E-state index is 0.571. The maximum atomic E-state index is 9.90. The van der Waals surface area contributed by atoms with Crippen LogP contribution in [0.5, 0.6) is 0 Å². The summed E-state index contributed by atoms with van der Waals surface area (Å²) in [6.07, 6.45) is 4.08. The lowest BCUT2D eigenvalue weighted by atomic mass is 10.5. The summed E-state index contributed by atoms with van der Waals surface area (Å²) in [6.45, 7) is 2.82. The fraction of sp³-hybridized carbons (Fsp3) is 0.429. The zero-order chi connectivity index (χ0) is 8.10. The molecule has 0 saturated carbocycles. The Balaban J connectivity index is 2.86. The molecule has 1 aromatic heterocycles. The monoisotopic (exact) mass is 151 g/mol. The summed E-state index contributed by atoms with van der Waals surface area (Å²) in [4.78, 5) is 13.4. The van der Waals surface area contributed by atoms with Crippen molar-refractivity contribution in [2.75, 3.05) is 0 Å². The summed E-state index contributed by atoms with van der Waals surface area (Å²) < 4.78 is 1.67. The zero-order valence-electron chi connectivity index (χ0n) is 6.32. The number of hydrogen-bond acceptors (Lipinski definition) is 3. The highest BCUT2D eigenvalue weighted by Gasteiger charge is 1.96. The molecule has 0 aliphatic heterocycles. The van der Waals surface area contributed by atoms with Gasteiger partial charge in [0.25, 0.3) is 0 Å². The molecule has 1 heterocycles. The lowest BCUT2D eigenvalue weighted by Crippen LogP contribution is -1.97. The molecular formula is C7H9N3O. The van der Waals surface area contributed by atoms with E-state index in [9.17, 15) is 4.79 Å². The van der Waals surface area contributed by atoms with E-state index in [-0.39, 0.29) is 0 Å². The van der Waals surface area contributed by atoms with Crippen LogP contribution >= 0.6 is 0 Å². The number of aliphatic imine (C=N–C) groups is 1. The summed E-state index contributed by atoms with van der Waals surface area (Å²) in [5.74, 6) is 0.571. The third kappa shape index (κ3) is 1.75. The number of carbonyl (C=O) groups excluding carboxylic acids is 1. The lowest BCUT2D eigenvalue weighted by Gasteiger charge is -1.97. The van der Waals surface area contributed by atoms with E-state index in [0.29, 0.717) is 5.82 Å². The first kappa shape index (κ1) is 7.69. The number of isocyanates is 1. The summed E-state index contributed by atoms with van der Waals surface area (Å²) in [5, 5.41) is 3.97. The first-order valence-electron chi connectivity index (χ1n) is 3.48. The van der Waals surface area contributed by atoms with Gasteiger partial charge in [-0.1, -0.05) is 6.92 Å². The van der Waals surface area contributed by atoms with Gasteiger partial charge in [-0.2, -0.15) is 5.10 Å². The second-order valence-corrected chi connectivity index (χ2v) is 2.12. The molecule has 4 heteroatoms. The molecule has 0 aliphatic rings. The number of aryl methyl sites for hydroxylation is 1. The Morgan fingerprint density at radius 3 is 3.27 bits per heavy atom. The smallest absolute Gasteiger partial charge is 0.242 e. The van der Waals surface area contributed by atoms with Gasteiger partial charge in [0.1, 0.15) is 0 Å². The van der Waals surface area contributed by atoms with Gasteiger partial charge in [-0.25, -0.2) is 9.48 Å². The molecule has 0 atom stereocenters. The van der Waals surface area contributed by atoms with Crippen LogP contribution < -0.4 is 0 Å². The standard InChI is InChI=1S/C7H9N3O/c1-2-5-10-7(8-6-11)3-4-9-10/h3-4H,2,5H2,1H3. The molecule has 0 radical (unpaired) electrons. The molecule has 0 unspecified atom stereocenters. The molecule has 0 spiro atoms. The van der Waals surface area contributed by atoms with Crippen LogP contribution in [0.1, 0.15) is 13.3 Å². The van der Waals surface area contributed by atoms with Gasteiger partial charge in [-0.15, -0.1) is 4.99 Å². The van der Waals surface area contributed by atoms with Crippen molar-refractivity contribution in [2.24, 2.45) is 4.99 Å². The molecule has 0 saturated heterocycles. The first-order chi connectivity index (χ1) is 5.38. The van der Waals surface area contributed by atoms with Crippen molar-refractivity contribution in [3.8, 4) is 0 Å². The number of hydrogen-bond donors (Lipinski definition) is 0. The maximum Gasteiger partial charge on any atom is 0.242 e. The number of nitrogens with zero attached hydrogens (tertiary/aromatic N) is 3. The first-order valence-corrected chi connectivity index (χ1v) is 3.48. The summed E-state index contributed by atoms with van der Waals surface area (Å²) >= 11 is 0. The molecule has 1 rings (SSSR count). The Labute approximate surface area is 64.6 Å². The van der Waals surface area contributed by atoms with Crippen molar-refractivity contribution in [1.29, 1.82) is 0 Å². The van der Waals surface area contributed by atoms with E-state index in [2.05, 4.69) is 10.1 Å². The second-order valence-electron chi connectivity index (χ2n) is 2.12. The van der Waals surface area contributed by atoms with E-state index >= 15 is 0 Å². The van der Waals surface area contributed by atoms with E-state index < -0.39 is 0 Å². The molecule has 0 aromatic carbocycles. The third-order valence-corrected chi connectivity index (χ3v) is 1.29. The third-order valence-electron chi connectivity index (χ3n) is 1.29. The van der Waals surface area contributed by atoms with Crippen molar-refractivity contribution in [1.82, 2.24) is 9.78 Å². The molecular weight excluding hydrogens is 142 g/mol. The van der Waals surface area contributed by atoms with Gasteiger partial charge in [-0.3, -0.25) is 0 Å². The predicted octanol–water partition coefficient (Wildman–Crippen LogP) is 1.26. The molecule has 0 amide bonds. The Bertz CT molecular complexity index is 273. The zero-order valence-corrected chi connectivity index (χ0v) is 6.32. The minimum absolute atomic E-state index is 0.571. The van der Waals surface area contributed by atoms with E-state index in [1.54, 1.807) is 16.9 Å². The van der Waals surface area contributed by atoms with Crippen LogP contribution in [0.3, 0.4) is 0 Å². The van der Waals surface area contributed by atoms with E-state index in [1.165, 1.54) is 6.08 Å². The molecule has 4 nitrogen and oxygen atoms in total. The Morgan fingerprint density at radius 2 is 2.64 bits per heavy atom. The summed E-state index contributed by atoms with van der Waals surface area (Å²) in [7, 11) is 0. The van der Waals surface area contributed by atoms with Gasteiger partial charge in [0.15, 0.2) is 5.82 Å². The highest BCUT2D eigenvalue weighted by atomic mass is 16.1. The lowest BCUT2D eigenvalue weighted by molar-refractivity contribution is 0.562.